The summed E-state index contributed by atoms with van der Waals surface area (Å²) in [5.41, 5.74) is 1.56. The number of nitrogens with one attached hydrogen (secondary N) is 1. The molecule has 0 aromatic carbocycles. The van der Waals surface area contributed by atoms with Crippen molar-refractivity contribution in [1.29, 1.82) is 0 Å². The first-order valence-electron chi connectivity index (χ1n) is 7.18. The van der Waals surface area contributed by atoms with Gasteiger partial charge in [0.1, 0.15) is 0 Å². The zero-order valence-electron chi connectivity index (χ0n) is 11.8. The fourth-order valence-corrected chi connectivity index (χ4v) is 2.64. The van der Waals surface area contributed by atoms with Crippen molar-refractivity contribution in [3.05, 3.63) is 11.6 Å². The first-order chi connectivity index (χ1) is 8.22. The molecule has 0 fully saturated rings. The van der Waals surface area contributed by atoms with Gasteiger partial charge in [-0.15, -0.1) is 0 Å². The maximum atomic E-state index is 5.53. The summed E-state index contributed by atoms with van der Waals surface area (Å²) in [7, 11) is 0. The molecule has 0 aromatic rings. The quantitative estimate of drug-likeness (QED) is 0.518. The molecule has 0 heterocycles. The van der Waals surface area contributed by atoms with Gasteiger partial charge in [-0.1, -0.05) is 31.9 Å². The van der Waals surface area contributed by atoms with Gasteiger partial charge in [0.15, 0.2) is 0 Å². The van der Waals surface area contributed by atoms with Crippen molar-refractivity contribution < 1.29 is 4.74 Å². The van der Waals surface area contributed by atoms with Crippen LogP contribution in [0.2, 0.25) is 0 Å². The molecule has 0 aliphatic heterocycles. The van der Waals surface area contributed by atoms with E-state index >= 15 is 0 Å². The summed E-state index contributed by atoms with van der Waals surface area (Å²) in [5.74, 6) is 1.59. The summed E-state index contributed by atoms with van der Waals surface area (Å²) in [6, 6.07) is 0. The van der Waals surface area contributed by atoms with E-state index in [0.29, 0.717) is 0 Å². The highest BCUT2D eigenvalue weighted by atomic mass is 16.5. The van der Waals surface area contributed by atoms with E-state index in [1.165, 1.54) is 25.7 Å². The Bertz CT molecular complexity index is 225. The van der Waals surface area contributed by atoms with E-state index in [9.17, 15) is 0 Å². The van der Waals surface area contributed by atoms with Crippen LogP contribution in [-0.2, 0) is 4.74 Å². The second-order valence-corrected chi connectivity index (χ2v) is 5.47. The fourth-order valence-electron chi connectivity index (χ4n) is 2.64. The Morgan fingerprint density at radius 2 is 2.24 bits per heavy atom. The second-order valence-electron chi connectivity index (χ2n) is 5.47. The molecule has 100 valence electrons. The standard InChI is InChI=1S/C15H29NO/c1-4-5-7-17-8-6-16-12-15-10-13(2)9-14(3)11-15/h9,13,15-16H,4-8,10-12H2,1-3H3. The molecule has 2 nitrogen and oxygen atoms in total. The third-order valence-electron chi connectivity index (χ3n) is 3.38. The Morgan fingerprint density at radius 3 is 2.94 bits per heavy atom. The third kappa shape index (κ3) is 6.85. The van der Waals surface area contributed by atoms with Crippen LogP contribution in [0.1, 0.15) is 46.5 Å². The predicted octanol–water partition coefficient (Wildman–Crippen LogP) is 3.39. The molecule has 1 rings (SSSR count). The smallest absolute Gasteiger partial charge is 0.0590 e. The molecule has 0 bridgehead atoms. The molecule has 0 radical (unpaired) electrons. The number of allylic oxidation sites excluding steroid dienone is 2. The summed E-state index contributed by atoms with van der Waals surface area (Å²) in [6.07, 6.45) is 7.43. The second kappa shape index (κ2) is 8.71. The Kier molecular flexibility index (Phi) is 7.54. The molecule has 1 aliphatic carbocycles. The number of hydrogen-bond acceptors (Lipinski definition) is 2. The van der Waals surface area contributed by atoms with Gasteiger partial charge in [0.05, 0.1) is 6.61 Å². The summed E-state index contributed by atoms with van der Waals surface area (Å²) < 4.78 is 5.53. The van der Waals surface area contributed by atoms with Gasteiger partial charge in [-0.3, -0.25) is 0 Å². The van der Waals surface area contributed by atoms with E-state index in [4.69, 9.17) is 4.74 Å². The van der Waals surface area contributed by atoms with E-state index in [1.807, 2.05) is 0 Å². The predicted molar refractivity (Wildman–Crippen MR) is 74.2 cm³/mol. The van der Waals surface area contributed by atoms with Gasteiger partial charge >= 0.3 is 0 Å². The Morgan fingerprint density at radius 1 is 1.41 bits per heavy atom. The molecule has 2 atom stereocenters. The summed E-state index contributed by atoms with van der Waals surface area (Å²) >= 11 is 0. The molecule has 17 heavy (non-hydrogen) atoms. The highest BCUT2D eigenvalue weighted by Gasteiger charge is 2.17. The SMILES string of the molecule is CCCCOCCNCC1CC(C)=CC(C)C1. The van der Waals surface area contributed by atoms with Crippen LogP contribution in [-0.4, -0.2) is 26.3 Å². The van der Waals surface area contributed by atoms with Crippen molar-refractivity contribution in [3.63, 3.8) is 0 Å². The number of hydrogen-bond donors (Lipinski definition) is 1. The van der Waals surface area contributed by atoms with Crippen LogP contribution < -0.4 is 5.32 Å². The summed E-state index contributed by atoms with van der Waals surface area (Å²) in [4.78, 5) is 0. The van der Waals surface area contributed by atoms with Crippen molar-refractivity contribution in [2.24, 2.45) is 11.8 Å². The fraction of sp³-hybridized carbons (Fsp3) is 0.867. The van der Waals surface area contributed by atoms with Crippen LogP contribution in [0, 0.1) is 11.8 Å². The van der Waals surface area contributed by atoms with Crippen LogP contribution in [0.3, 0.4) is 0 Å². The molecule has 0 amide bonds. The van der Waals surface area contributed by atoms with Crippen molar-refractivity contribution in [2.75, 3.05) is 26.3 Å². The Hall–Kier alpha value is -0.340. The molecule has 1 N–H and O–H groups in total. The van der Waals surface area contributed by atoms with E-state index in [0.717, 1.165) is 38.1 Å². The molecular formula is C15H29NO. The molecule has 1 aliphatic rings. The van der Waals surface area contributed by atoms with Crippen LogP contribution in [0.5, 0.6) is 0 Å². The minimum absolute atomic E-state index is 0.761. The molecule has 0 saturated heterocycles. The molecule has 0 saturated carbocycles. The van der Waals surface area contributed by atoms with Gasteiger partial charge in [-0.2, -0.15) is 0 Å². The zero-order chi connectivity index (χ0) is 12.5. The lowest BCUT2D eigenvalue weighted by atomic mass is 9.84. The van der Waals surface area contributed by atoms with Crippen LogP contribution in [0.4, 0.5) is 0 Å². The van der Waals surface area contributed by atoms with Crippen LogP contribution in [0.25, 0.3) is 0 Å². The monoisotopic (exact) mass is 239 g/mol. The summed E-state index contributed by atoms with van der Waals surface area (Å²) in [6.45, 7) is 10.7. The average Bonchev–Trinajstić information content (AvgIpc) is 2.26. The first-order valence-corrected chi connectivity index (χ1v) is 7.18. The first kappa shape index (κ1) is 14.7. The minimum atomic E-state index is 0.761. The lowest BCUT2D eigenvalue weighted by Gasteiger charge is -2.25. The van der Waals surface area contributed by atoms with Gasteiger partial charge in [0, 0.05) is 13.2 Å². The van der Waals surface area contributed by atoms with E-state index in [1.54, 1.807) is 5.57 Å². The highest BCUT2D eigenvalue weighted by molar-refractivity contribution is 5.06. The lowest BCUT2D eigenvalue weighted by Crippen LogP contribution is -2.28. The molecular weight excluding hydrogens is 210 g/mol. The normalized spacial score (nSPS) is 24.8. The summed E-state index contributed by atoms with van der Waals surface area (Å²) in [5, 5.41) is 3.52. The number of ether oxygens (including phenoxy) is 1. The maximum Gasteiger partial charge on any atom is 0.0590 e. The van der Waals surface area contributed by atoms with E-state index in [-0.39, 0.29) is 0 Å². The average molecular weight is 239 g/mol. The Balaban J connectivity index is 1.98. The minimum Gasteiger partial charge on any atom is -0.380 e. The topological polar surface area (TPSA) is 21.3 Å². The van der Waals surface area contributed by atoms with Gasteiger partial charge in [-0.05, 0) is 44.6 Å². The largest absolute Gasteiger partial charge is 0.380 e. The van der Waals surface area contributed by atoms with Crippen LogP contribution >= 0.6 is 0 Å². The van der Waals surface area contributed by atoms with Crippen molar-refractivity contribution in [1.82, 2.24) is 5.32 Å². The highest BCUT2D eigenvalue weighted by Crippen LogP contribution is 2.26. The molecule has 2 unspecified atom stereocenters. The molecule has 0 spiro atoms. The van der Waals surface area contributed by atoms with Crippen molar-refractivity contribution in [3.8, 4) is 0 Å². The molecule has 0 aromatic heterocycles. The third-order valence-corrected chi connectivity index (χ3v) is 3.38. The van der Waals surface area contributed by atoms with Gasteiger partial charge in [-0.25, -0.2) is 0 Å². The number of unbranched alkanes of at least 4 members (excludes halogenated alkanes) is 1. The Labute approximate surface area is 107 Å². The van der Waals surface area contributed by atoms with Gasteiger partial charge in [0.2, 0.25) is 0 Å². The van der Waals surface area contributed by atoms with E-state index < -0.39 is 0 Å². The van der Waals surface area contributed by atoms with Gasteiger partial charge in [0.25, 0.3) is 0 Å². The molecule has 2 heteroatoms. The number of rotatable bonds is 8. The lowest BCUT2D eigenvalue weighted by molar-refractivity contribution is 0.132. The van der Waals surface area contributed by atoms with Crippen molar-refractivity contribution >= 4 is 0 Å². The van der Waals surface area contributed by atoms with Gasteiger partial charge < -0.3 is 10.1 Å². The van der Waals surface area contributed by atoms with Crippen LogP contribution in [0.15, 0.2) is 11.6 Å². The maximum absolute atomic E-state index is 5.53. The van der Waals surface area contributed by atoms with E-state index in [2.05, 4.69) is 32.2 Å². The zero-order valence-corrected chi connectivity index (χ0v) is 11.8. The van der Waals surface area contributed by atoms with Crippen molar-refractivity contribution in [2.45, 2.75) is 46.5 Å².